The Kier molecular flexibility index (Phi) is 8.42. The Morgan fingerprint density at radius 3 is 2.41 bits per heavy atom. The van der Waals surface area contributed by atoms with Gasteiger partial charge in [0.05, 0.1) is 16.7 Å². The van der Waals surface area contributed by atoms with Crippen molar-refractivity contribution < 1.29 is 28.1 Å². The van der Waals surface area contributed by atoms with Crippen molar-refractivity contribution in [1.29, 1.82) is 0 Å². The summed E-state index contributed by atoms with van der Waals surface area (Å²) in [4.78, 5) is 23.7. The number of hydrogen-bond donors (Lipinski definition) is 3. The van der Waals surface area contributed by atoms with Crippen LogP contribution < -0.4 is 20.7 Å². The molecule has 1 aliphatic rings. The van der Waals surface area contributed by atoms with Crippen molar-refractivity contribution in [3.63, 3.8) is 0 Å². The number of anilines is 1. The minimum atomic E-state index is -3.63. The molecule has 1 saturated heterocycles. The van der Waals surface area contributed by atoms with Gasteiger partial charge in [-0.2, -0.15) is 4.31 Å². The molecule has 1 aliphatic heterocycles. The van der Waals surface area contributed by atoms with E-state index in [1.807, 2.05) is 13.8 Å². The number of nitrogens with one attached hydrogen (secondary N) is 2. The third kappa shape index (κ3) is 6.69. The molecule has 0 spiro atoms. The second-order valence-electron chi connectivity index (χ2n) is 7.21. The Bertz CT molecular complexity index is 820. The maximum atomic E-state index is 13.0. The van der Waals surface area contributed by atoms with Crippen LogP contribution in [0.1, 0.15) is 33.1 Å². The molecule has 2 rings (SSSR count). The molecular formula is C19H31N4O5S+. The molecule has 1 heterocycles. The second-order valence-corrected chi connectivity index (χ2v) is 9.15. The minimum Gasteiger partial charge on any atom is -0.489 e. The number of nitrogens with zero attached hydrogens (tertiary/aromatic N) is 1. The largest absolute Gasteiger partial charge is 0.489 e. The highest BCUT2D eigenvalue weighted by Gasteiger charge is 2.27. The van der Waals surface area contributed by atoms with Gasteiger partial charge in [-0.05, 0) is 44.9 Å². The predicted octanol–water partition coefficient (Wildman–Crippen LogP) is -0.104. The average molecular weight is 428 g/mol. The van der Waals surface area contributed by atoms with E-state index in [1.165, 1.54) is 23.5 Å². The number of carbonyl (C=O) groups is 2. The number of hydrogen-bond acceptors (Lipinski definition) is 5. The molecule has 162 valence electrons. The van der Waals surface area contributed by atoms with E-state index in [9.17, 15) is 18.0 Å². The Balaban J connectivity index is 2.19. The van der Waals surface area contributed by atoms with E-state index < -0.39 is 10.0 Å². The first kappa shape index (κ1) is 23.1. The highest BCUT2D eigenvalue weighted by Crippen LogP contribution is 2.30. The lowest BCUT2D eigenvalue weighted by Crippen LogP contribution is -2.88. The van der Waals surface area contributed by atoms with Crippen molar-refractivity contribution in [3.05, 3.63) is 18.2 Å². The number of sulfonamides is 1. The Labute approximate surface area is 172 Å². The SMILES string of the molecule is CNC(=O)C[NH2+]CC(=O)Nc1cc(S(=O)(=O)N2CCCCC2)ccc1OC(C)C. The van der Waals surface area contributed by atoms with Crippen molar-refractivity contribution >= 4 is 27.5 Å². The number of benzene rings is 1. The molecule has 0 saturated carbocycles. The quantitative estimate of drug-likeness (QED) is 0.508. The zero-order valence-electron chi connectivity index (χ0n) is 17.2. The van der Waals surface area contributed by atoms with Crippen LogP contribution in [-0.4, -0.2) is 63.9 Å². The van der Waals surface area contributed by atoms with Gasteiger partial charge in [-0.1, -0.05) is 6.42 Å². The van der Waals surface area contributed by atoms with Gasteiger partial charge < -0.3 is 20.7 Å². The van der Waals surface area contributed by atoms with Gasteiger partial charge in [0.1, 0.15) is 5.75 Å². The number of ether oxygens (including phenoxy) is 1. The summed E-state index contributed by atoms with van der Waals surface area (Å²) in [6.45, 7) is 4.86. The molecule has 0 radical (unpaired) electrons. The molecule has 10 heteroatoms. The first-order valence-corrected chi connectivity index (χ1v) is 11.3. The molecule has 0 bridgehead atoms. The second kappa shape index (κ2) is 10.6. The summed E-state index contributed by atoms with van der Waals surface area (Å²) in [7, 11) is -2.10. The van der Waals surface area contributed by atoms with E-state index >= 15 is 0 Å². The molecule has 29 heavy (non-hydrogen) atoms. The monoisotopic (exact) mass is 427 g/mol. The van der Waals surface area contributed by atoms with Crippen LogP contribution in [0.2, 0.25) is 0 Å². The van der Waals surface area contributed by atoms with Crippen molar-refractivity contribution in [2.24, 2.45) is 0 Å². The molecule has 0 atom stereocenters. The molecule has 0 unspecified atom stereocenters. The standard InChI is InChI=1S/C19H30N4O5S/c1-14(2)28-17-8-7-15(29(26,27)23-9-5-4-6-10-23)11-16(17)22-19(25)13-21-12-18(24)20-3/h7-8,11,14,21H,4-6,9-10,12-13H2,1-3H3,(H,20,24)(H,22,25)/p+1. The van der Waals surface area contributed by atoms with Gasteiger partial charge in [0.25, 0.3) is 11.8 Å². The summed E-state index contributed by atoms with van der Waals surface area (Å²) < 4.78 is 33.1. The van der Waals surface area contributed by atoms with Gasteiger partial charge in [0.15, 0.2) is 13.1 Å². The molecule has 0 aliphatic carbocycles. The average Bonchev–Trinajstić information content (AvgIpc) is 2.69. The molecule has 9 nitrogen and oxygen atoms in total. The van der Waals surface area contributed by atoms with Crippen LogP contribution >= 0.6 is 0 Å². The highest BCUT2D eigenvalue weighted by atomic mass is 32.2. The summed E-state index contributed by atoms with van der Waals surface area (Å²) in [5, 5.41) is 6.76. The van der Waals surface area contributed by atoms with Gasteiger partial charge in [0, 0.05) is 20.1 Å². The topological polar surface area (TPSA) is 121 Å². The van der Waals surface area contributed by atoms with Crippen molar-refractivity contribution in [2.75, 3.05) is 38.5 Å². The van der Waals surface area contributed by atoms with Gasteiger partial charge >= 0.3 is 0 Å². The van der Waals surface area contributed by atoms with Crippen LogP contribution in [0.5, 0.6) is 5.75 Å². The fraction of sp³-hybridized carbons (Fsp3) is 0.579. The summed E-state index contributed by atoms with van der Waals surface area (Å²) in [6, 6.07) is 4.52. The van der Waals surface area contributed by atoms with E-state index in [4.69, 9.17) is 4.74 Å². The van der Waals surface area contributed by atoms with Crippen molar-refractivity contribution in [2.45, 2.75) is 44.1 Å². The van der Waals surface area contributed by atoms with Gasteiger partial charge in [-0.25, -0.2) is 8.42 Å². The van der Waals surface area contributed by atoms with Crippen LogP contribution in [0.15, 0.2) is 23.1 Å². The lowest BCUT2D eigenvalue weighted by atomic mass is 10.2. The fourth-order valence-corrected chi connectivity index (χ4v) is 4.56. The van der Waals surface area contributed by atoms with E-state index in [0.29, 0.717) is 24.5 Å². The normalized spacial score (nSPS) is 15.2. The number of quaternary nitrogens is 1. The fourth-order valence-electron chi connectivity index (χ4n) is 3.02. The molecule has 4 N–H and O–H groups in total. The third-order valence-electron chi connectivity index (χ3n) is 4.48. The number of likely N-dealkylation sites (N-methyl/N-ethyl adjacent to an activating group) is 1. The number of nitrogens with two attached hydrogens (primary N) is 1. The lowest BCUT2D eigenvalue weighted by molar-refractivity contribution is -0.632. The van der Waals surface area contributed by atoms with Crippen LogP contribution in [-0.2, 0) is 19.6 Å². The van der Waals surface area contributed by atoms with Gasteiger partial charge in [0.2, 0.25) is 10.0 Å². The predicted molar refractivity (Wildman–Crippen MR) is 109 cm³/mol. The first-order chi connectivity index (χ1) is 13.7. The number of piperidine rings is 1. The maximum absolute atomic E-state index is 13.0. The summed E-state index contributed by atoms with van der Waals surface area (Å²) in [5.41, 5.74) is 0.301. The zero-order valence-corrected chi connectivity index (χ0v) is 18.0. The lowest BCUT2D eigenvalue weighted by Gasteiger charge is -2.26. The summed E-state index contributed by atoms with van der Waals surface area (Å²) in [6.07, 6.45) is 2.58. The van der Waals surface area contributed by atoms with Crippen molar-refractivity contribution in [1.82, 2.24) is 9.62 Å². The van der Waals surface area contributed by atoms with Gasteiger partial charge in [-0.3, -0.25) is 9.59 Å². The summed E-state index contributed by atoms with van der Waals surface area (Å²) in [5.74, 6) is -0.136. The number of amides is 2. The molecule has 2 amide bonds. The highest BCUT2D eigenvalue weighted by molar-refractivity contribution is 7.89. The minimum absolute atomic E-state index is 0.0254. The van der Waals surface area contributed by atoms with Crippen LogP contribution in [0.3, 0.4) is 0 Å². The summed E-state index contributed by atoms with van der Waals surface area (Å²) >= 11 is 0. The molecular weight excluding hydrogens is 396 g/mol. The smallest absolute Gasteiger partial charge is 0.279 e. The third-order valence-corrected chi connectivity index (χ3v) is 6.37. The first-order valence-electron chi connectivity index (χ1n) is 9.87. The molecule has 0 aromatic heterocycles. The van der Waals surface area contributed by atoms with E-state index in [0.717, 1.165) is 19.3 Å². The maximum Gasteiger partial charge on any atom is 0.279 e. The van der Waals surface area contributed by atoms with Crippen LogP contribution in [0.4, 0.5) is 5.69 Å². The number of rotatable bonds is 9. The molecule has 1 fully saturated rings. The Hall–Kier alpha value is -2.17. The molecule has 1 aromatic rings. The van der Waals surface area contributed by atoms with Crippen LogP contribution in [0.25, 0.3) is 0 Å². The Morgan fingerprint density at radius 2 is 1.79 bits per heavy atom. The van der Waals surface area contributed by atoms with Gasteiger partial charge in [-0.15, -0.1) is 0 Å². The Morgan fingerprint density at radius 1 is 1.14 bits per heavy atom. The molecule has 1 aromatic carbocycles. The van der Waals surface area contributed by atoms with Crippen molar-refractivity contribution in [3.8, 4) is 5.75 Å². The van der Waals surface area contributed by atoms with Crippen LogP contribution in [0, 0.1) is 0 Å². The number of carbonyl (C=O) groups excluding carboxylic acids is 2. The van der Waals surface area contributed by atoms with E-state index in [1.54, 1.807) is 11.4 Å². The van der Waals surface area contributed by atoms with E-state index in [2.05, 4.69) is 10.6 Å². The van der Waals surface area contributed by atoms with E-state index in [-0.39, 0.29) is 35.9 Å². The zero-order chi connectivity index (χ0) is 21.4.